The fourth-order valence-electron chi connectivity index (χ4n) is 4.42. The lowest BCUT2D eigenvalue weighted by Gasteiger charge is -2.26. The average Bonchev–Trinajstić information content (AvgIpc) is 2.89. The van der Waals surface area contributed by atoms with E-state index in [-0.39, 0.29) is 30.1 Å². The summed E-state index contributed by atoms with van der Waals surface area (Å²) >= 11 is 0. The van der Waals surface area contributed by atoms with E-state index < -0.39 is 31.7 Å². The number of hydrogen-bond donors (Lipinski definition) is 5. The van der Waals surface area contributed by atoms with Crippen LogP contribution < -0.4 is 21.1 Å². The van der Waals surface area contributed by atoms with E-state index in [1.807, 2.05) is 0 Å². The first-order valence-electron chi connectivity index (χ1n) is 13.0. The van der Waals surface area contributed by atoms with Gasteiger partial charge in [-0.3, -0.25) is 29.1 Å². The van der Waals surface area contributed by atoms with Gasteiger partial charge in [-0.05, 0) is 43.5 Å². The Balaban J connectivity index is 1.64. The van der Waals surface area contributed by atoms with Gasteiger partial charge in [-0.1, -0.05) is 17.7 Å². The first-order valence-corrected chi connectivity index (χ1v) is 14.5. The molecule has 1 aliphatic carbocycles. The Bertz CT molecular complexity index is 1190. The highest BCUT2D eigenvalue weighted by Crippen LogP contribution is 2.41. The molecule has 1 aromatic carbocycles. The van der Waals surface area contributed by atoms with Gasteiger partial charge in [-0.15, -0.1) is 0 Å². The van der Waals surface area contributed by atoms with Gasteiger partial charge in [0.25, 0.3) is 5.91 Å². The number of benzene rings is 1. The molecule has 13 nitrogen and oxygen atoms in total. The molecule has 0 bridgehead atoms. The van der Waals surface area contributed by atoms with E-state index in [0.29, 0.717) is 44.1 Å². The molecule has 40 heavy (non-hydrogen) atoms. The second-order valence-electron chi connectivity index (χ2n) is 9.65. The van der Waals surface area contributed by atoms with Crippen LogP contribution in [0.5, 0.6) is 5.75 Å². The van der Waals surface area contributed by atoms with Gasteiger partial charge in [-0.2, -0.15) is 0 Å². The fraction of sp³-hybridized carbons (Fsp3) is 0.500. The number of allylic oxidation sites excluding steroid dienone is 3. The third kappa shape index (κ3) is 10.1. The lowest BCUT2D eigenvalue weighted by molar-refractivity contribution is -0.128. The van der Waals surface area contributed by atoms with Crippen LogP contribution in [0.15, 0.2) is 41.7 Å². The zero-order valence-electron chi connectivity index (χ0n) is 22.6. The van der Waals surface area contributed by atoms with Crippen molar-refractivity contribution in [1.82, 2.24) is 15.5 Å². The number of phosphoric acid groups is 1. The molecule has 1 fully saturated rings. The largest absolute Gasteiger partial charge is 0.524 e. The van der Waals surface area contributed by atoms with Crippen LogP contribution in [0.2, 0.25) is 0 Å². The summed E-state index contributed by atoms with van der Waals surface area (Å²) in [5.41, 5.74) is 7.23. The molecular weight excluding hydrogens is 543 g/mol. The molecule has 0 radical (unpaired) electrons. The summed E-state index contributed by atoms with van der Waals surface area (Å²) in [6.45, 7) is 7.11. The number of nitrogens with two attached hydrogens (primary N) is 1. The summed E-state index contributed by atoms with van der Waals surface area (Å²) in [7, 11) is -4.65. The Kier molecular flexibility index (Phi) is 11.3. The molecular formula is C26H37N4O9P. The maximum absolute atomic E-state index is 13.1. The number of carbonyl (C=O) groups is 3. The number of primary amides is 1. The van der Waals surface area contributed by atoms with Crippen molar-refractivity contribution in [2.24, 2.45) is 5.73 Å². The summed E-state index contributed by atoms with van der Waals surface area (Å²) in [5, 5.41) is 5.52. The fourth-order valence-corrected chi connectivity index (χ4v) is 4.88. The van der Waals surface area contributed by atoms with Crippen LogP contribution >= 0.6 is 7.82 Å². The van der Waals surface area contributed by atoms with E-state index in [4.69, 9.17) is 25.0 Å². The Hall–Kier alpha value is -3.22. The zero-order chi connectivity index (χ0) is 29.3. The van der Waals surface area contributed by atoms with Crippen LogP contribution in [0.3, 0.4) is 0 Å². The Labute approximate surface area is 233 Å². The molecule has 6 N–H and O–H groups in total. The van der Waals surface area contributed by atoms with E-state index in [2.05, 4.69) is 20.1 Å². The average molecular weight is 581 g/mol. The van der Waals surface area contributed by atoms with Crippen molar-refractivity contribution in [3.63, 3.8) is 0 Å². The minimum absolute atomic E-state index is 0.144. The van der Waals surface area contributed by atoms with E-state index in [0.717, 1.165) is 18.7 Å². The minimum atomic E-state index is -4.65. The topological polar surface area (TPSA) is 190 Å². The van der Waals surface area contributed by atoms with Crippen molar-refractivity contribution < 1.29 is 42.7 Å². The van der Waals surface area contributed by atoms with Crippen LogP contribution in [0.4, 0.5) is 0 Å². The molecule has 0 spiro atoms. The first-order chi connectivity index (χ1) is 18.9. The molecule has 0 aromatic heterocycles. The van der Waals surface area contributed by atoms with E-state index in [1.165, 1.54) is 13.0 Å². The highest BCUT2D eigenvalue weighted by Gasteiger charge is 2.25. The van der Waals surface area contributed by atoms with E-state index in [9.17, 15) is 18.9 Å². The molecule has 3 rings (SSSR count). The summed E-state index contributed by atoms with van der Waals surface area (Å²) in [5.74, 6) is -0.975. The number of ether oxygens (including phenoxy) is 2. The van der Waals surface area contributed by atoms with E-state index in [1.54, 1.807) is 31.2 Å². The van der Waals surface area contributed by atoms with Crippen molar-refractivity contribution in [3.05, 3.63) is 52.8 Å². The van der Waals surface area contributed by atoms with Gasteiger partial charge in [0.15, 0.2) is 0 Å². The number of carbonyl (C=O) groups excluding carboxylic acids is 3. The molecule has 1 heterocycles. The van der Waals surface area contributed by atoms with Crippen LogP contribution in [-0.2, 0) is 23.4 Å². The summed E-state index contributed by atoms with van der Waals surface area (Å²) < 4.78 is 26.8. The number of morpholine rings is 1. The summed E-state index contributed by atoms with van der Waals surface area (Å²) in [6, 6.07) is 3.57. The third-order valence-electron chi connectivity index (χ3n) is 6.49. The molecule has 14 heteroatoms. The van der Waals surface area contributed by atoms with Gasteiger partial charge in [-0.25, -0.2) is 4.57 Å². The molecule has 2 unspecified atom stereocenters. The smallest absolute Gasteiger partial charge is 0.491 e. The summed E-state index contributed by atoms with van der Waals surface area (Å²) in [4.78, 5) is 57.2. The molecule has 1 aliphatic heterocycles. The number of nitrogens with one attached hydrogen (secondary N) is 2. The SMILES string of the molecule is CC(=O)NC(CC1=CC=C(OP(=O)(O)O)CC1)C(=O)NC(C)c1ccc(OCCN2CCOCC2)c(C(N)=O)c1. The maximum atomic E-state index is 13.1. The molecule has 0 saturated carbocycles. The van der Waals surface area contributed by atoms with Crippen molar-refractivity contribution >= 4 is 25.5 Å². The zero-order valence-corrected chi connectivity index (χ0v) is 23.5. The highest BCUT2D eigenvalue weighted by molar-refractivity contribution is 7.46. The second-order valence-corrected chi connectivity index (χ2v) is 10.8. The van der Waals surface area contributed by atoms with Crippen molar-refractivity contribution in [2.75, 3.05) is 39.5 Å². The molecule has 2 atom stereocenters. The lowest BCUT2D eigenvalue weighted by atomic mass is 9.96. The number of nitrogens with zero attached hydrogens (tertiary/aromatic N) is 1. The van der Waals surface area contributed by atoms with Crippen molar-refractivity contribution in [2.45, 2.75) is 45.2 Å². The Morgan fingerprint density at radius 3 is 2.48 bits per heavy atom. The molecule has 2 aliphatic rings. The quantitative estimate of drug-likeness (QED) is 0.213. The molecule has 3 amide bonds. The number of phosphoric ester groups is 1. The molecule has 1 aromatic rings. The van der Waals surface area contributed by atoms with Gasteiger partial charge >= 0.3 is 7.82 Å². The summed E-state index contributed by atoms with van der Waals surface area (Å²) in [6.07, 6.45) is 3.91. The second kappa shape index (κ2) is 14.4. The van der Waals surface area contributed by atoms with Crippen LogP contribution in [-0.4, -0.2) is 77.9 Å². The van der Waals surface area contributed by atoms with Gasteiger partial charge in [0.2, 0.25) is 11.8 Å². The highest BCUT2D eigenvalue weighted by atomic mass is 31.2. The van der Waals surface area contributed by atoms with Gasteiger partial charge in [0.1, 0.15) is 24.2 Å². The van der Waals surface area contributed by atoms with E-state index >= 15 is 0 Å². The Morgan fingerprint density at radius 2 is 1.88 bits per heavy atom. The number of rotatable bonds is 13. The van der Waals surface area contributed by atoms with Gasteiger partial charge in [0, 0.05) is 33.0 Å². The van der Waals surface area contributed by atoms with Gasteiger partial charge in [0.05, 0.1) is 24.8 Å². The van der Waals surface area contributed by atoms with Crippen molar-refractivity contribution in [3.8, 4) is 5.75 Å². The van der Waals surface area contributed by atoms with Gasteiger partial charge < -0.3 is 30.4 Å². The number of hydrogen-bond acceptors (Lipinski definition) is 8. The minimum Gasteiger partial charge on any atom is -0.491 e. The van der Waals surface area contributed by atoms with Crippen molar-refractivity contribution in [1.29, 1.82) is 0 Å². The van der Waals surface area contributed by atoms with Crippen LogP contribution in [0.1, 0.15) is 55.1 Å². The standard InChI is InChI=1S/C26H37N4O9P/c1-17(20-5-8-24(22(16-20)25(27)32)38-14-11-30-9-12-37-13-10-30)28-26(33)23(29-18(2)31)15-19-3-6-21(7-4-19)39-40(34,35)36/h3,5-6,8,16-17,23H,4,7,9-15H2,1-2H3,(H2,27,32)(H,28,33)(H,29,31)(H2,34,35,36). The molecule has 1 saturated heterocycles. The first kappa shape index (κ1) is 31.3. The molecule has 220 valence electrons. The normalized spacial score (nSPS) is 17.6. The predicted octanol–water partition coefficient (Wildman–Crippen LogP) is 1.28. The maximum Gasteiger partial charge on any atom is 0.524 e. The predicted molar refractivity (Wildman–Crippen MR) is 145 cm³/mol. The van der Waals surface area contributed by atoms with Crippen LogP contribution in [0.25, 0.3) is 0 Å². The number of amides is 3. The lowest BCUT2D eigenvalue weighted by Crippen LogP contribution is -2.47. The monoisotopic (exact) mass is 580 g/mol. The third-order valence-corrected chi connectivity index (χ3v) is 6.96. The Morgan fingerprint density at radius 1 is 1.15 bits per heavy atom. The van der Waals surface area contributed by atoms with Crippen LogP contribution in [0, 0.1) is 0 Å².